The van der Waals surface area contributed by atoms with Gasteiger partial charge in [0.2, 0.25) is 0 Å². The van der Waals surface area contributed by atoms with E-state index in [1.54, 1.807) is 18.6 Å². The fourth-order valence-electron chi connectivity index (χ4n) is 0.889. The van der Waals surface area contributed by atoms with E-state index < -0.39 is 5.97 Å². The Kier molecular flexibility index (Phi) is 6.25. The van der Waals surface area contributed by atoms with Crippen molar-refractivity contribution in [3.8, 4) is 0 Å². The summed E-state index contributed by atoms with van der Waals surface area (Å²) in [5.74, 6) is -0.725. The Morgan fingerprint density at radius 2 is 2.06 bits per heavy atom. The van der Waals surface area contributed by atoms with Crippen LogP contribution in [0.25, 0.3) is 0 Å². The molecule has 16 heavy (non-hydrogen) atoms. The number of hydrogen-bond donors (Lipinski definition) is 2. The molecule has 0 saturated heterocycles. The first-order valence-electron chi connectivity index (χ1n) is 5.02. The van der Waals surface area contributed by atoms with Crippen LogP contribution in [-0.2, 0) is 11.3 Å². The molecular weight excluding hydrogens is 206 g/mol. The molecule has 0 aromatic carbocycles. The van der Waals surface area contributed by atoms with Gasteiger partial charge in [0.15, 0.2) is 0 Å². The number of hydrogen-bond acceptors (Lipinski definition) is 4. The van der Waals surface area contributed by atoms with Gasteiger partial charge < -0.3 is 10.8 Å². The summed E-state index contributed by atoms with van der Waals surface area (Å²) in [7, 11) is 0. The van der Waals surface area contributed by atoms with Crippen LogP contribution < -0.4 is 5.73 Å². The second kappa shape index (κ2) is 6.90. The first kappa shape index (κ1) is 14.5. The van der Waals surface area contributed by atoms with Crippen molar-refractivity contribution in [2.24, 2.45) is 11.1 Å². The maximum Gasteiger partial charge on any atom is 0.303 e. The van der Waals surface area contributed by atoms with Crippen LogP contribution >= 0.6 is 0 Å². The van der Waals surface area contributed by atoms with Gasteiger partial charge in [-0.3, -0.25) is 14.8 Å². The number of aromatic nitrogens is 2. The minimum absolute atomic E-state index is 0.0775. The highest BCUT2D eigenvalue weighted by Crippen LogP contribution is 2.17. The third kappa shape index (κ3) is 9.08. The number of carboxylic acids is 1. The molecule has 1 heterocycles. The van der Waals surface area contributed by atoms with E-state index in [0.717, 1.165) is 5.69 Å². The van der Waals surface area contributed by atoms with Crippen molar-refractivity contribution >= 4 is 5.97 Å². The summed E-state index contributed by atoms with van der Waals surface area (Å²) in [6, 6.07) is 0. The zero-order valence-electron chi connectivity index (χ0n) is 9.97. The second-order valence-corrected chi connectivity index (χ2v) is 4.53. The van der Waals surface area contributed by atoms with Gasteiger partial charge in [-0.05, 0) is 5.41 Å². The van der Waals surface area contributed by atoms with Crippen LogP contribution in [-0.4, -0.2) is 21.0 Å². The minimum atomic E-state index is -0.725. The van der Waals surface area contributed by atoms with Gasteiger partial charge in [0.1, 0.15) is 0 Å². The quantitative estimate of drug-likeness (QED) is 0.795. The van der Waals surface area contributed by atoms with Crippen molar-refractivity contribution in [2.75, 3.05) is 0 Å². The predicted molar refractivity (Wildman–Crippen MR) is 61.6 cm³/mol. The van der Waals surface area contributed by atoms with Crippen LogP contribution in [0.15, 0.2) is 18.6 Å². The first-order valence-corrected chi connectivity index (χ1v) is 5.02. The third-order valence-corrected chi connectivity index (χ3v) is 1.51. The van der Waals surface area contributed by atoms with Gasteiger partial charge in [-0.1, -0.05) is 20.8 Å². The smallest absolute Gasteiger partial charge is 0.303 e. The van der Waals surface area contributed by atoms with Crippen LogP contribution in [0.4, 0.5) is 0 Å². The monoisotopic (exact) mass is 225 g/mol. The number of rotatable bonds is 2. The van der Waals surface area contributed by atoms with E-state index in [1.165, 1.54) is 0 Å². The molecule has 0 fully saturated rings. The second-order valence-electron chi connectivity index (χ2n) is 4.53. The van der Waals surface area contributed by atoms with Gasteiger partial charge >= 0.3 is 5.97 Å². The van der Waals surface area contributed by atoms with E-state index >= 15 is 0 Å². The molecule has 0 aliphatic rings. The van der Waals surface area contributed by atoms with Gasteiger partial charge in [0.25, 0.3) is 0 Å². The lowest BCUT2D eigenvalue weighted by Crippen LogP contribution is -2.11. The minimum Gasteiger partial charge on any atom is -0.481 e. The van der Waals surface area contributed by atoms with E-state index in [-0.39, 0.29) is 11.8 Å². The normalized spacial score (nSPS) is 10.2. The summed E-state index contributed by atoms with van der Waals surface area (Å²) in [5.41, 5.74) is 6.00. The van der Waals surface area contributed by atoms with E-state index in [1.807, 2.05) is 20.8 Å². The SMILES string of the molecule is CC(C)(C)CC(=O)O.NCc1cnccn1. The molecule has 0 saturated carbocycles. The van der Waals surface area contributed by atoms with Crippen molar-refractivity contribution in [2.45, 2.75) is 33.7 Å². The number of nitrogens with zero attached hydrogens (tertiary/aromatic N) is 2. The van der Waals surface area contributed by atoms with Crippen molar-refractivity contribution in [3.63, 3.8) is 0 Å². The molecule has 1 aromatic heterocycles. The average molecular weight is 225 g/mol. The first-order chi connectivity index (χ1) is 7.35. The Hall–Kier alpha value is -1.49. The molecule has 1 rings (SSSR count). The number of nitrogens with two attached hydrogens (primary N) is 1. The predicted octanol–water partition coefficient (Wildman–Crippen LogP) is 1.44. The molecule has 5 nitrogen and oxygen atoms in total. The Morgan fingerprint density at radius 1 is 1.44 bits per heavy atom. The fourth-order valence-corrected chi connectivity index (χ4v) is 0.889. The molecule has 1 aromatic rings. The molecule has 0 unspecified atom stereocenters. The number of carboxylic acid groups (broad SMARTS) is 1. The Balaban J connectivity index is 0.000000281. The Bertz CT molecular complexity index is 307. The highest BCUT2D eigenvalue weighted by molar-refractivity contribution is 5.67. The largest absolute Gasteiger partial charge is 0.481 e. The molecular formula is C11H19N3O2. The lowest BCUT2D eigenvalue weighted by Gasteiger charge is -2.13. The maximum absolute atomic E-state index is 10.0. The van der Waals surface area contributed by atoms with Crippen molar-refractivity contribution in [1.82, 2.24) is 9.97 Å². The molecule has 0 spiro atoms. The van der Waals surface area contributed by atoms with Crippen molar-refractivity contribution < 1.29 is 9.90 Å². The number of carbonyl (C=O) groups is 1. The Labute approximate surface area is 95.7 Å². The molecule has 0 bridgehead atoms. The van der Waals surface area contributed by atoms with Crippen LogP contribution in [0.1, 0.15) is 32.9 Å². The summed E-state index contributed by atoms with van der Waals surface area (Å²) < 4.78 is 0. The van der Waals surface area contributed by atoms with Crippen LogP contribution in [0, 0.1) is 5.41 Å². The topological polar surface area (TPSA) is 89.1 Å². The van der Waals surface area contributed by atoms with Crippen LogP contribution in [0.3, 0.4) is 0 Å². The molecule has 0 amide bonds. The molecule has 0 aliphatic carbocycles. The summed E-state index contributed by atoms with van der Waals surface area (Å²) in [5, 5.41) is 8.25. The fraction of sp³-hybridized carbons (Fsp3) is 0.545. The summed E-state index contributed by atoms with van der Waals surface area (Å²) in [6.45, 7) is 6.18. The molecule has 0 aliphatic heterocycles. The van der Waals surface area contributed by atoms with Crippen molar-refractivity contribution in [1.29, 1.82) is 0 Å². The highest BCUT2D eigenvalue weighted by atomic mass is 16.4. The van der Waals surface area contributed by atoms with E-state index in [9.17, 15) is 4.79 Å². The molecule has 0 radical (unpaired) electrons. The van der Waals surface area contributed by atoms with E-state index in [0.29, 0.717) is 6.54 Å². The zero-order chi connectivity index (χ0) is 12.6. The summed E-state index contributed by atoms with van der Waals surface area (Å²) in [4.78, 5) is 17.7. The molecule has 5 heteroatoms. The van der Waals surface area contributed by atoms with Gasteiger partial charge in [-0.15, -0.1) is 0 Å². The average Bonchev–Trinajstić information content (AvgIpc) is 2.16. The van der Waals surface area contributed by atoms with Gasteiger partial charge in [0, 0.05) is 25.1 Å². The Morgan fingerprint density at radius 3 is 2.25 bits per heavy atom. The van der Waals surface area contributed by atoms with Crippen molar-refractivity contribution in [3.05, 3.63) is 24.3 Å². The lowest BCUT2D eigenvalue weighted by atomic mass is 9.93. The van der Waals surface area contributed by atoms with E-state index in [4.69, 9.17) is 10.8 Å². The number of aliphatic carboxylic acids is 1. The van der Waals surface area contributed by atoms with E-state index in [2.05, 4.69) is 9.97 Å². The molecule has 90 valence electrons. The highest BCUT2D eigenvalue weighted by Gasteiger charge is 2.13. The lowest BCUT2D eigenvalue weighted by molar-refractivity contribution is -0.139. The van der Waals surface area contributed by atoms with Gasteiger partial charge in [-0.25, -0.2) is 0 Å². The zero-order valence-corrected chi connectivity index (χ0v) is 9.97. The van der Waals surface area contributed by atoms with Crippen LogP contribution in [0.2, 0.25) is 0 Å². The van der Waals surface area contributed by atoms with Gasteiger partial charge in [0.05, 0.1) is 12.1 Å². The standard InChI is InChI=1S/C6H12O2.C5H7N3/c1-6(2,3)4-5(7)8;6-3-5-4-7-1-2-8-5/h4H2,1-3H3,(H,7,8);1-2,4H,3,6H2. The molecule has 0 atom stereocenters. The van der Waals surface area contributed by atoms with Gasteiger partial charge in [-0.2, -0.15) is 0 Å². The summed E-state index contributed by atoms with van der Waals surface area (Å²) >= 11 is 0. The van der Waals surface area contributed by atoms with Crippen LogP contribution in [0.5, 0.6) is 0 Å². The molecule has 3 N–H and O–H groups in total. The third-order valence-electron chi connectivity index (χ3n) is 1.51. The maximum atomic E-state index is 10.0. The summed E-state index contributed by atoms with van der Waals surface area (Å²) in [6.07, 6.45) is 5.15.